The topological polar surface area (TPSA) is 32.3 Å². The van der Waals surface area contributed by atoms with Crippen molar-refractivity contribution >= 4 is 5.69 Å². The summed E-state index contributed by atoms with van der Waals surface area (Å²) < 4.78 is 50.3. The van der Waals surface area contributed by atoms with Crippen LogP contribution in [0.1, 0.15) is 24.1 Å². The Labute approximate surface area is 119 Å². The average molecular weight is 299 g/mol. The molecule has 112 valence electrons. The standard InChI is InChI=1S/C15H13F4NO/c1-9(13-7-4-11(16)8-14(13)21)20-12-5-2-10(3-6-12)15(17,18)19/h2-9,20-21H,1H3. The SMILES string of the molecule is CC(Nc1ccc(C(F)(F)F)cc1)c1ccc(F)cc1O. The second-order valence-corrected chi connectivity index (χ2v) is 4.64. The Hall–Kier alpha value is -2.24. The van der Waals surface area contributed by atoms with Gasteiger partial charge in [0.2, 0.25) is 0 Å². The average Bonchev–Trinajstić information content (AvgIpc) is 2.38. The molecule has 0 saturated heterocycles. The van der Waals surface area contributed by atoms with Crippen LogP contribution in [0.5, 0.6) is 5.75 Å². The van der Waals surface area contributed by atoms with Crippen LogP contribution in [0.15, 0.2) is 42.5 Å². The molecule has 0 saturated carbocycles. The monoisotopic (exact) mass is 299 g/mol. The highest BCUT2D eigenvalue weighted by Gasteiger charge is 2.29. The zero-order valence-corrected chi connectivity index (χ0v) is 11.1. The molecule has 6 heteroatoms. The van der Waals surface area contributed by atoms with Crippen LogP contribution < -0.4 is 5.32 Å². The van der Waals surface area contributed by atoms with Crippen molar-refractivity contribution in [2.45, 2.75) is 19.1 Å². The van der Waals surface area contributed by atoms with E-state index in [9.17, 15) is 22.7 Å². The fourth-order valence-electron chi connectivity index (χ4n) is 1.97. The molecule has 0 fully saturated rings. The van der Waals surface area contributed by atoms with Crippen molar-refractivity contribution in [3.05, 3.63) is 59.4 Å². The van der Waals surface area contributed by atoms with Crippen molar-refractivity contribution in [1.82, 2.24) is 0 Å². The minimum absolute atomic E-state index is 0.207. The molecule has 1 unspecified atom stereocenters. The number of phenols is 1. The fraction of sp³-hybridized carbons (Fsp3) is 0.200. The molecule has 2 aromatic carbocycles. The van der Waals surface area contributed by atoms with Gasteiger partial charge in [-0.3, -0.25) is 0 Å². The molecule has 2 rings (SSSR count). The number of benzene rings is 2. The van der Waals surface area contributed by atoms with Crippen molar-refractivity contribution in [3.63, 3.8) is 0 Å². The molecule has 1 atom stereocenters. The van der Waals surface area contributed by atoms with Gasteiger partial charge in [-0.25, -0.2) is 4.39 Å². The smallest absolute Gasteiger partial charge is 0.416 e. The normalized spacial score (nSPS) is 13.0. The summed E-state index contributed by atoms with van der Waals surface area (Å²) in [4.78, 5) is 0. The highest BCUT2D eigenvalue weighted by Crippen LogP contribution is 2.31. The largest absolute Gasteiger partial charge is 0.507 e. The van der Waals surface area contributed by atoms with Gasteiger partial charge in [0, 0.05) is 17.3 Å². The van der Waals surface area contributed by atoms with E-state index in [0.717, 1.165) is 18.2 Å². The van der Waals surface area contributed by atoms with E-state index < -0.39 is 17.6 Å². The number of phenolic OH excluding ortho intramolecular Hbond substituents is 1. The predicted octanol–water partition coefficient (Wildman–Crippen LogP) is 4.72. The lowest BCUT2D eigenvalue weighted by atomic mass is 10.1. The summed E-state index contributed by atoms with van der Waals surface area (Å²) in [5, 5.41) is 12.6. The van der Waals surface area contributed by atoms with Gasteiger partial charge in [-0.2, -0.15) is 13.2 Å². The van der Waals surface area contributed by atoms with Gasteiger partial charge in [-0.1, -0.05) is 6.07 Å². The van der Waals surface area contributed by atoms with Crippen LogP contribution in [0.3, 0.4) is 0 Å². The number of aromatic hydroxyl groups is 1. The van der Waals surface area contributed by atoms with Crippen molar-refractivity contribution in [2.24, 2.45) is 0 Å². The number of hydrogen-bond acceptors (Lipinski definition) is 2. The van der Waals surface area contributed by atoms with E-state index in [1.807, 2.05) is 0 Å². The Kier molecular flexibility index (Phi) is 4.06. The second kappa shape index (κ2) is 5.63. The lowest BCUT2D eigenvalue weighted by molar-refractivity contribution is -0.137. The fourth-order valence-corrected chi connectivity index (χ4v) is 1.97. The maximum absolute atomic E-state index is 12.9. The van der Waals surface area contributed by atoms with Crippen molar-refractivity contribution in [1.29, 1.82) is 0 Å². The summed E-state index contributed by atoms with van der Waals surface area (Å²) in [6, 6.07) is 7.79. The van der Waals surface area contributed by atoms with E-state index in [4.69, 9.17) is 0 Å². The number of alkyl halides is 3. The zero-order valence-electron chi connectivity index (χ0n) is 11.1. The van der Waals surface area contributed by atoms with Gasteiger partial charge < -0.3 is 10.4 Å². The van der Waals surface area contributed by atoms with Crippen LogP contribution in [0.4, 0.5) is 23.2 Å². The third-order valence-corrected chi connectivity index (χ3v) is 3.05. The molecule has 0 radical (unpaired) electrons. The van der Waals surface area contributed by atoms with Crippen LogP contribution >= 0.6 is 0 Å². The van der Waals surface area contributed by atoms with Gasteiger partial charge in [0.1, 0.15) is 11.6 Å². The quantitative estimate of drug-likeness (QED) is 0.803. The first-order valence-electron chi connectivity index (χ1n) is 6.19. The van der Waals surface area contributed by atoms with Gasteiger partial charge in [-0.15, -0.1) is 0 Å². The maximum atomic E-state index is 12.9. The van der Waals surface area contributed by atoms with Crippen LogP contribution in [0, 0.1) is 5.82 Å². The molecular formula is C15H13F4NO. The second-order valence-electron chi connectivity index (χ2n) is 4.64. The summed E-state index contributed by atoms with van der Waals surface area (Å²) in [7, 11) is 0. The minimum atomic E-state index is -4.38. The predicted molar refractivity (Wildman–Crippen MR) is 71.5 cm³/mol. The Balaban J connectivity index is 2.14. The van der Waals surface area contributed by atoms with E-state index in [-0.39, 0.29) is 11.8 Å². The molecule has 0 aromatic heterocycles. The number of anilines is 1. The summed E-state index contributed by atoms with van der Waals surface area (Å²) in [5.41, 5.74) is 0.195. The molecule has 0 aliphatic carbocycles. The van der Waals surface area contributed by atoms with Crippen molar-refractivity contribution < 1.29 is 22.7 Å². The van der Waals surface area contributed by atoms with Gasteiger partial charge in [0.05, 0.1) is 11.6 Å². The Bertz CT molecular complexity index is 623. The molecule has 2 aromatic rings. The summed E-state index contributed by atoms with van der Waals surface area (Å²) in [6.07, 6.45) is -4.38. The Morgan fingerprint density at radius 1 is 1.05 bits per heavy atom. The lowest BCUT2D eigenvalue weighted by Crippen LogP contribution is -2.08. The molecule has 0 aliphatic rings. The van der Waals surface area contributed by atoms with Gasteiger partial charge >= 0.3 is 6.18 Å². The zero-order chi connectivity index (χ0) is 15.6. The van der Waals surface area contributed by atoms with Gasteiger partial charge in [0.25, 0.3) is 0 Å². The lowest BCUT2D eigenvalue weighted by Gasteiger charge is -2.17. The van der Waals surface area contributed by atoms with E-state index in [1.54, 1.807) is 6.92 Å². The Morgan fingerprint density at radius 3 is 2.19 bits per heavy atom. The van der Waals surface area contributed by atoms with Crippen LogP contribution in [-0.2, 0) is 6.18 Å². The molecule has 21 heavy (non-hydrogen) atoms. The van der Waals surface area contributed by atoms with Gasteiger partial charge in [-0.05, 0) is 37.3 Å². The van der Waals surface area contributed by atoms with Crippen LogP contribution in [0.25, 0.3) is 0 Å². The molecule has 0 heterocycles. The highest BCUT2D eigenvalue weighted by molar-refractivity contribution is 5.48. The molecule has 0 amide bonds. The summed E-state index contributed by atoms with van der Waals surface area (Å²) >= 11 is 0. The van der Waals surface area contributed by atoms with E-state index >= 15 is 0 Å². The third kappa shape index (κ3) is 3.65. The van der Waals surface area contributed by atoms with Gasteiger partial charge in [0.15, 0.2) is 0 Å². The van der Waals surface area contributed by atoms with Crippen molar-refractivity contribution in [3.8, 4) is 5.75 Å². The number of nitrogens with one attached hydrogen (secondary N) is 1. The maximum Gasteiger partial charge on any atom is 0.416 e. The van der Waals surface area contributed by atoms with E-state index in [2.05, 4.69) is 5.32 Å². The molecule has 0 aliphatic heterocycles. The highest BCUT2D eigenvalue weighted by atomic mass is 19.4. The Morgan fingerprint density at radius 2 is 1.67 bits per heavy atom. The van der Waals surface area contributed by atoms with E-state index in [1.165, 1.54) is 24.3 Å². The first-order chi connectivity index (χ1) is 9.77. The number of halogens is 4. The minimum Gasteiger partial charge on any atom is -0.507 e. The molecular weight excluding hydrogens is 286 g/mol. The summed E-state index contributed by atoms with van der Waals surface area (Å²) in [6.45, 7) is 1.71. The number of rotatable bonds is 3. The van der Waals surface area contributed by atoms with Crippen LogP contribution in [0.2, 0.25) is 0 Å². The van der Waals surface area contributed by atoms with Crippen molar-refractivity contribution in [2.75, 3.05) is 5.32 Å². The van der Waals surface area contributed by atoms with E-state index in [0.29, 0.717) is 11.3 Å². The number of hydrogen-bond donors (Lipinski definition) is 2. The van der Waals surface area contributed by atoms with Crippen LogP contribution in [-0.4, -0.2) is 5.11 Å². The summed E-state index contributed by atoms with van der Waals surface area (Å²) in [5.74, 6) is -0.764. The molecule has 2 N–H and O–H groups in total. The molecule has 2 nitrogen and oxygen atoms in total. The first-order valence-corrected chi connectivity index (χ1v) is 6.19. The molecule has 0 bridgehead atoms. The first kappa shape index (κ1) is 15.2. The third-order valence-electron chi connectivity index (χ3n) is 3.05. The molecule has 0 spiro atoms.